The van der Waals surface area contributed by atoms with Gasteiger partial charge in [-0.05, 0) is 30.1 Å². The number of imidazole rings is 1. The van der Waals surface area contributed by atoms with Gasteiger partial charge in [0.1, 0.15) is 5.82 Å². The van der Waals surface area contributed by atoms with Crippen LogP contribution in [0, 0.1) is 5.92 Å². The van der Waals surface area contributed by atoms with Gasteiger partial charge in [-0.3, -0.25) is 0 Å². The normalized spacial score (nSPS) is 12.8. The summed E-state index contributed by atoms with van der Waals surface area (Å²) in [4.78, 5) is 16.0. The highest BCUT2D eigenvalue weighted by molar-refractivity contribution is 7.98. The number of carboxylic acid groups (broad SMARTS) is 1. The van der Waals surface area contributed by atoms with Crippen molar-refractivity contribution in [3.8, 4) is 0 Å². The first-order chi connectivity index (χ1) is 9.58. The molecule has 1 heterocycles. The maximum atomic E-state index is 11.4. The van der Waals surface area contributed by atoms with E-state index in [0.717, 1.165) is 35.6 Å². The van der Waals surface area contributed by atoms with Crippen LogP contribution < -0.4 is 0 Å². The van der Waals surface area contributed by atoms with E-state index < -0.39 is 5.97 Å². The highest BCUT2D eigenvalue weighted by Crippen LogP contribution is 2.23. The number of nitrogens with zero attached hydrogens (tertiary/aromatic N) is 2. The summed E-state index contributed by atoms with van der Waals surface area (Å²) in [5.74, 6) is 1.60. The van der Waals surface area contributed by atoms with Crippen molar-refractivity contribution in [1.82, 2.24) is 9.55 Å². The van der Waals surface area contributed by atoms with Gasteiger partial charge < -0.3 is 9.67 Å². The summed E-state index contributed by atoms with van der Waals surface area (Å²) in [6, 6.07) is 5.30. The minimum atomic E-state index is -0.892. The first-order valence-corrected chi connectivity index (χ1v) is 8.18. The predicted molar refractivity (Wildman–Crippen MR) is 83.6 cm³/mol. The van der Waals surface area contributed by atoms with Crippen LogP contribution >= 0.6 is 11.8 Å². The molecule has 0 saturated carbocycles. The van der Waals surface area contributed by atoms with Gasteiger partial charge in [0.25, 0.3) is 0 Å². The second-order valence-electron chi connectivity index (χ2n) is 5.03. The monoisotopic (exact) mass is 292 g/mol. The molecule has 2 rings (SSSR count). The highest BCUT2D eigenvalue weighted by Gasteiger charge is 2.18. The Morgan fingerprint density at radius 2 is 2.25 bits per heavy atom. The highest BCUT2D eigenvalue weighted by atomic mass is 32.2. The zero-order valence-electron chi connectivity index (χ0n) is 12.1. The van der Waals surface area contributed by atoms with Crippen molar-refractivity contribution in [2.75, 3.05) is 12.0 Å². The standard InChI is InChI=1S/C15H20N2O2S/c1-4-13-16-12-7-5-6-11(15(18)19)14(12)17(13)8-10(2)9-20-3/h5-7,10H,4,8-9H2,1-3H3,(H,18,19). The molecular weight excluding hydrogens is 272 g/mol. The lowest BCUT2D eigenvalue weighted by molar-refractivity contribution is 0.0698. The van der Waals surface area contributed by atoms with E-state index in [1.165, 1.54) is 0 Å². The Kier molecular flexibility index (Phi) is 4.70. The fraction of sp³-hybridized carbons (Fsp3) is 0.467. The van der Waals surface area contributed by atoms with Gasteiger partial charge in [-0.15, -0.1) is 0 Å². The van der Waals surface area contributed by atoms with Crippen molar-refractivity contribution in [3.05, 3.63) is 29.6 Å². The van der Waals surface area contributed by atoms with E-state index in [0.29, 0.717) is 11.5 Å². The van der Waals surface area contributed by atoms with Crippen LogP contribution in [0.15, 0.2) is 18.2 Å². The van der Waals surface area contributed by atoms with Crippen LogP contribution in [0.1, 0.15) is 30.0 Å². The van der Waals surface area contributed by atoms with E-state index in [1.54, 1.807) is 12.1 Å². The van der Waals surface area contributed by atoms with Gasteiger partial charge in [0.15, 0.2) is 0 Å². The van der Waals surface area contributed by atoms with E-state index in [-0.39, 0.29) is 0 Å². The largest absolute Gasteiger partial charge is 0.478 e. The van der Waals surface area contributed by atoms with Crippen LogP contribution in [0.25, 0.3) is 11.0 Å². The third-order valence-electron chi connectivity index (χ3n) is 3.34. The van der Waals surface area contributed by atoms with Crippen LogP contribution in [-0.2, 0) is 13.0 Å². The molecule has 0 aliphatic heterocycles. The summed E-state index contributed by atoms with van der Waals surface area (Å²) in [6.45, 7) is 5.05. The summed E-state index contributed by atoms with van der Waals surface area (Å²) in [5, 5.41) is 9.38. The number of rotatable bonds is 6. The Morgan fingerprint density at radius 1 is 1.50 bits per heavy atom. The minimum Gasteiger partial charge on any atom is -0.478 e. The van der Waals surface area contributed by atoms with E-state index in [9.17, 15) is 9.90 Å². The van der Waals surface area contributed by atoms with Gasteiger partial charge in [0, 0.05) is 13.0 Å². The number of hydrogen-bond donors (Lipinski definition) is 1. The SMILES string of the molecule is CCc1nc2cccc(C(=O)O)c2n1CC(C)CSC. The maximum Gasteiger partial charge on any atom is 0.337 e. The quantitative estimate of drug-likeness (QED) is 0.887. The van der Waals surface area contributed by atoms with Crippen molar-refractivity contribution >= 4 is 28.8 Å². The van der Waals surface area contributed by atoms with Gasteiger partial charge in [0.05, 0.1) is 16.6 Å². The molecule has 0 bridgehead atoms. The summed E-state index contributed by atoms with van der Waals surface area (Å²) < 4.78 is 2.08. The van der Waals surface area contributed by atoms with Crippen molar-refractivity contribution in [3.63, 3.8) is 0 Å². The smallest absolute Gasteiger partial charge is 0.337 e. The average molecular weight is 292 g/mol. The number of hydrogen-bond acceptors (Lipinski definition) is 3. The Bertz CT molecular complexity index is 622. The summed E-state index contributed by atoms with van der Waals surface area (Å²) >= 11 is 1.81. The van der Waals surface area contributed by atoms with Crippen LogP contribution in [-0.4, -0.2) is 32.6 Å². The molecule has 0 amide bonds. The van der Waals surface area contributed by atoms with E-state index in [2.05, 4.69) is 29.7 Å². The second-order valence-corrected chi connectivity index (χ2v) is 5.94. The number of benzene rings is 1. The van der Waals surface area contributed by atoms with Crippen LogP contribution in [0.3, 0.4) is 0 Å². The number of aryl methyl sites for hydroxylation is 1. The Balaban J connectivity index is 2.57. The van der Waals surface area contributed by atoms with Crippen molar-refractivity contribution in [2.24, 2.45) is 5.92 Å². The minimum absolute atomic E-state index is 0.339. The third-order valence-corrected chi connectivity index (χ3v) is 4.24. The molecule has 5 heteroatoms. The number of aromatic nitrogens is 2. The molecule has 108 valence electrons. The molecule has 1 aromatic carbocycles. The molecular formula is C15H20N2O2S. The molecule has 1 N–H and O–H groups in total. The molecule has 0 aliphatic carbocycles. The summed E-state index contributed by atoms with van der Waals surface area (Å²) in [5.41, 5.74) is 1.87. The molecule has 0 spiro atoms. The zero-order chi connectivity index (χ0) is 14.7. The fourth-order valence-corrected chi connectivity index (χ4v) is 3.20. The Hall–Kier alpha value is -1.49. The number of fused-ring (bicyclic) bond motifs is 1. The first kappa shape index (κ1) is 14.9. The van der Waals surface area contributed by atoms with Crippen LogP contribution in [0.4, 0.5) is 0 Å². The van der Waals surface area contributed by atoms with E-state index in [4.69, 9.17) is 0 Å². The van der Waals surface area contributed by atoms with Crippen molar-refractivity contribution < 1.29 is 9.90 Å². The van der Waals surface area contributed by atoms with Crippen molar-refractivity contribution in [1.29, 1.82) is 0 Å². The van der Waals surface area contributed by atoms with Crippen molar-refractivity contribution in [2.45, 2.75) is 26.8 Å². The van der Waals surface area contributed by atoms with Gasteiger partial charge in [-0.1, -0.05) is 19.9 Å². The average Bonchev–Trinajstić information content (AvgIpc) is 2.76. The zero-order valence-corrected chi connectivity index (χ0v) is 12.9. The lowest BCUT2D eigenvalue weighted by Gasteiger charge is -2.14. The maximum absolute atomic E-state index is 11.4. The Morgan fingerprint density at radius 3 is 2.85 bits per heavy atom. The van der Waals surface area contributed by atoms with E-state index in [1.807, 2.05) is 17.8 Å². The summed E-state index contributed by atoms with van der Waals surface area (Å²) in [6.07, 6.45) is 2.89. The van der Waals surface area contributed by atoms with Gasteiger partial charge in [-0.25, -0.2) is 9.78 Å². The molecule has 4 nitrogen and oxygen atoms in total. The fourth-order valence-electron chi connectivity index (χ4n) is 2.52. The molecule has 1 atom stereocenters. The number of thioether (sulfide) groups is 1. The molecule has 0 fully saturated rings. The lowest BCUT2D eigenvalue weighted by Crippen LogP contribution is -2.13. The lowest BCUT2D eigenvalue weighted by atomic mass is 10.1. The number of para-hydroxylation sites is 1. The van der Waals surface area contributed by atoms with Gasteiger partial charge in [0.2, 0.25) is 0 Å². The topological polar surface area (TPSA) is 55.1 Å². The number of carbonyl (C=O) groups is 1. The molecule has 0 radical (unpaired) electrons. The molecule has 0 aliphatic rings. The predicted octanol–water partition coefficient (Wildman–Crippen LogP) is 3.30. The molecule has 20 heavy (non-hydrogen) atoms. The second kappa shape index (κ2) is 6.31. The van der Waals surface area contributed by atoms with Crippen LogP contribution in [0.5, 0.6) is 0 Å². The molecule has 1 aromatic heterocycles. The Labute approximate surface area is 123 Å². The summed E-state index contributed by atoms with van der Waals surface area (Å²) in [7, 11) is 0. The van der Waals surface area contributed by atoms with Gasteiger partial charge in [-0.2, -0.15) is 11.8 Å². The van der Waals surface area contributed by atoms with Gasteiger partial charge >= 0.3 is 5.97 Å². The number of carboxylic acids is 1. The molecule has 1 unspecified atom stereocenters. The van der Waals surface area contributed by atoms with Crippen LogP contribution in [0.2, 0.25) is 0 Å². The molecule has 0 saturated heterocycles. The molecule has 2 aromatic rings. The van der Waals surface area contributed by atoms with E-state index >= 15 is 0 Å². The number of aromatic carboxylic acids is 1. The third kappa shape index (κ3) is 2.82. The first-order valence-electron chi connectivity index (χ1n) is 6.78.